The molecular formula is C21H24N2O2S2. The molecule has 27 heavy (non-hydrogen) atoms. The Bertz CT molecular complexity index is 766. The molecule has 2 fully saturated rings. The first-order valence-corrected chi connectivity index (χ1v) is 11.4. The van der Waals surface area contributed by atoms with Crippen molar-refractivity contribution >= 4 is 35.1 Å². The highest BCUT2D eigenvalue weighted by Gasteiger charge is 2.23. The fraction of sp³-hybridized carbons (Fsp3) is 0.381. The van der Waals surface area contributed by atoms with E-state index < -0.39 is 0 Å². The smallest absolute Gasteiger partial charge is 0.253 e. The molecule has 0 aliphatic carbocycles. The summed E-state index contributed by atoms with van der Waals surface area (Å²) in [5, 5.41) is 0. The lowest BCUT2D eigenvalue weighted by molar-refractivity contribution is 0.0747. The van der Waals surface area contributed by atoms with E-state index in [1.165, 1.54) is 22.8 Å². The SMILES string of the molecule is COc1ccc(N2CCN(C(=O)c3ccc(C4SCCS4)cc3)CC2)cc1. The number of carbonyl (C=O) groups is 1. The lowest BCUT2D eigenvalue weighted by atomic mass is 10.1. The molecule has 4 nitrogen and oxygen atoms in total. The summed E-state index contributed by atoms with van der Waals surface area (Å²) in [7, 11) is 1.68. The summed E-state index contributed by atoms with van der Waals surface area (Å²) in [6.45, 7) is 3.21. The van der Waals surface area contributed by atoms with Crippen LogP contribution in [0.3, 0.4) is 0 Å². The van der Waals surface area contributed by atoms with Crippen molar-refractivity contribution in [2.45, 2.75) is 4.58 Å². The Labute approximate surface area is 169 Å². The van der Waals surface area contributed by atoms with Crippen LogP contribution in [0.25, 0.3) is 0 Å². The van der Waals surface area contributed by atoms with Crippen molar-refractivity contribution in [3.05, 3.63) is 59.7 Å². The van der Waals surface area contributed by atoms with Crippen LogP contribution in [-0.4, -0.2) is 55.6 Å². The number of amides is 1. The van der Waals surface area contributed by atoms with Gasteiger partial charge in [-0.05, 0) is 42.0 Å². The average Bonchev–Trinajstić information content (AvgIpc) is 3.28. The van der Waals surface area contributed by atoms with Crippen molar-refractivity contribution in [1.29, 1.82) is 0 Å². The van der Waals surface area contributed by atoms with Gasteiger partial charge in [0, 0.05) is 48.9 Å². The van der Waals surface area contributed by atoms with Crippen LogP contribution in [0.2, 0.25) is 0 Å². The summed E-state index contributed by atoms with van der Waals surface area (Å²) < 4.78 is 5.75. The largest absolute Gasteiger partial charge is 0.497 e. The molecule has 2 aromatic carbocycles. The minimum absolute atomic E-state index is 0.141. The summed E-state index contributed by atoms with van der Waals surface area (Å²) in [5.41, 5.74) is 3.30. The summed E-state index contributed by atoms with van der Waals surface area (Å²) in [5.74, 6) is 3.44. The molecule has 0 radical (unpaired) electrons. The van der Waals surface area contributed by atoms with E-state index in [4.69, 9.17) is 4.74 Å². The van der Waals surface area contributed by atoms with Gasteiger partial charge in [-0.15, -0.1) is 23.5 Å². The maximum absolute atomic E-state index is 12.8. The summed E-state index contributed by atoms with van der Waals surface area (Å²) in [6, 6.07) is 16.3. The number of piperazine rings is 1. The number of hydrogen-bond acceptors (Lipinski definition) is 5. The normalized spacial score (nSPS) is 18.0. The van der Waals surface area contributed by atoms with Crippen LogP contribution in [0, 0.1) is 0 Å². The molecule has 2 saturated heterocycles. The van der Waals surface area contributed by atoms with Gasteiger partial charge in [0.15, 0.2) is 0 Å². The van der Waals surface area contributed by atoms with E-state index in [0.717, 1.165) is 37.5 Å². The highest BCUT2D eigenvalue weighted by Crippen LogP contribution is 2.45. The van der Waals surface area contributed by atoms with Crippen molar-refractivity contribution in [3.63, 3.8) is 0 Å². The molecule has 2 aliphatic rings. The van der Waals surface area contributed by atoms with Gasteiger partial charge in [-0.25, -0.2) is 0 Å². The van der Waals surface area contributed by atoms with E-state index in [2.05, 4.69) is 29.2 Å². The summed E-state index contributed by atoms with van der Waals surface area (Å²) in [4.78, 5) is 17.1. The quantitative estimate of drug-likeness (QED) is 0.770. The highest BCUT2D eigenvalue weighted by molar-refractivity contribution is 8.19. The third kappa shape index (κ3) is 4.22. The van der Waals surface area contributed by atoms with Gasteiger partial charge < -0.3 is 14.5 Å². The predicted molar refractivity (Wildman–Crippen MR) is 115 cm³/mol. The molecule has 0 N–H and O–H groups in total. The molecule has 0 unspecified atom stereocenters. The van der Waals surface area contributed by atoms with Gasteiger partial charge in [0.2, 0.25) is 0 Å². The van der Waals surface area contributed by atoms with E-state index in [1.54, 1.807) is 7.11 Å². The van der Waals surface area contributed by atoms with Crippen LogP contribution in [-0.2, 0) is 0 Å². The molecule has 4 rings (SSSR count). The first kappa shape index (κ1) is 18.6. The number of ether oxygens (including phenoxy) is 1. The fourth-order valence-electron chi connectivity index (χ4n) is 3.48. The molecule has 2 aromatic rings. The van der Waals surface area contributed by atoms with E-state index in [9.17, 15) is 4.79 Å². The number of nitrogens with zero attached hydrogens (tertiary/aromatic N) is 2. The van der Waals surface area contributed by atoms with Gasteiger partial charge in [-0.3, -0.25) is 4.79 Å². The third-order valence-electron chi connectivity index (χ3n) is 5.06. The second-order valence-electron chi connectivity index (χ2n) is 6.67. The molecule has 6 heteroatoms. The molecule has 0 saturated carbocycles. The maximum Gasteiger partial charge on any atom is 0.253 e. The van der Waals surface area contributed by atoms with Crippen molar-refractivity contribution in [3.8, 4) is 5.75 Å². The van der Waals surface area contributed by atoms with Crippen LogP contribution < -0.4 is 9.64 Å². The Kier molecular flexibility index (Phi) is 5.83. The highest BCUT2D eigenvalue weighted by atomic mass is 32.2. The zero-order chi connectivity index (χ0) is 18.6. The van der Waals surface area contributed by atoms with E-state index in [-0.39, 0.29) is 5.91 Å². The molecule has 0 spiro atoms. The van der Waals surface area contributed by atoms with Crippen molar-refractivity contribution in [2.24, 2.45) is 0 Å². The average molecular weight is 401 g/mol. The number of carbonyl (C=O) groups excluding carboxylic acids is 1. The zero-order valence-corrected chi connectivity index (χ0v) is 17.1. The lowest BCUT2D eigenvalue weighted by Gasteiger charge is -2.36. The Hall–Kier alpha value is -1.79. The van der Waals surface area contributed by atoms with E-state index in [1.807, 2.05) is 52.7 Å². The minimum Gasteiger partial charge on any atom is -0.497 e. The molecular weight excluding hydrogens is 376 g/mol. The zero-order valence-electron chi connectivity index (χ0n) is 15.5. The van der Waals surface area contributed by atoms with Crippen LogP contribution >= 0.6 is 23.5 Å². The van der Waals surface area contributed by atoms with Gasteiger partial charge in [0.1, 0.15) is 5.75 Å². The van der Waals surface area contributed by atoms with Gasteiger partial charge in [-0.1, -0.05) is 12.1 Å². The van der Waals surface area contributed by atoms with Crippen LogP contribution in [0.15, 0.2) is 48.5 Å². The molecule has 1 amide bonds. The maximum atomic E-state index is 12.8. The molecule has 0 aromatic heterocycles. The second kappa shape index (κ2) is 8.48. The first-order chi connectivity index (χ1) is 13.2. The third-order valence-corrected chi connectivity index (χ3v) is 8.16. The van der Waals surface area contributed by atoms with E-state index in [0.29, 0.717) is 4.58 Å². The Balaban J connectivity index is 1.35. The van der Waals surface area contributed by atoms with Crippen LogP contribution in [0.5, 0.6) is 5.75 Å². The molecule has 2 aliphatic heterocycles. The molecule has 0 bridgehead atoms. The lowest BCUT2D eigenvalue weighted by Crippen LogP contribution is -2.48. The summed E-state index contributed by atoms with van der Waals surface area (Å²) >= 11 is 3.98. The molecule has 0 atom stereocenters. The van der Waals surface area contributed by atoms with Crippen LogP contribution in [0.1, 0.15) is 20.5 Å². The monoisotopic (exact) mass is 400 g/mol. The number of anilines is 1. The number of thioether (sulfide) groups is 2. The number of benzene rings is 2. The van der Waals surface area contributed by atoms with Gasteiger partial charge in [0.25, 0.3) is 5.91 Å². The molecule has 2 heterocycles. The minimum atomic E-state index is 0.141. The van der Waals surface area contributed by atoms with Gasteiger partial charge in [0.05, 0.1) is 11.7 Å². The summed E-state index contributed by atoms with van der Waals surface area (Å²) in [6.07, 6.45) is 0. The van der Waals surface area contributed by atoms with Crippen molar-refractivity contribution in [1.82, 2.24) is 4.90 Å². The second-order valence-corrected chi connectivity index (χ2v) is 9.40. The number of rotatable bonds is 4. The predicted octanol–water partition coefficient (Wildman–Crippen LogP) is 4.14. The number of hydrogen-bond donors (Lipinski definition) is 0. The number of methoxy groups -OCH3 is 1. The topological polar surface area (TPSA) is 32.8 Å². The molecule has 142 valence electrons. The van der Waals surface area contributed by atoms with Gasteiger partial charge >= 0.3 is 0 Å². The Morgan fingerprint density at radius 2 is 1.56 bits per heavy atom. The van der Waals surface area contributed by atoms with E-state index >= 15 is 0 Å². The Morgan fingerprint density at radius 3 is 2.15 bits per heavy atom. The van der Waals surface area contributed by atoms with Crippen molar-refractivity contribution in [2.75, 3.05) is 49.7 Å². The van der Waals surface area contributed by atoms with Crippen molar-refractivity contribution < 1.29 is 9.53 Å². The van der Waals surface area contributed by atoms with Gasteiger partial charge in [-0.2, -0.15) is 0 Å². The van der Waals surface area contributed by atoms with Crippen LogP contribution in [0.4, 0.5) is 5.69 Å². The standard InChI is InChI=1S/C21H24N2O2S2/c1-25-19-8-6-18(7-9-19)22-10-12-23(13-11-22)20(24)16-2-4-17(5-3-16)21-26-14-15-27-21/h2-9,21H,10-15H2,1H3. The fourth-order valence-corrected chi connectivity index (χ4v) is 6.34. The Morgan fingerprint density at radius 1 is 0.926 bits per heavy atom. The first-order valence-electron chi connectivity index (χ1n) is 9.26.